The van der Waals surface area contributed by atoms with Crippen LogP contribution < -0.4 is 0 Å². The molecule has 1 N–H and O–H groups in total. The highest BCUT2D eigenvalue weighted by Crippen LogP contribution is 2.39. The number of hydrogen-bond acceptors (Lipinski definition) is 3. The van der Waals surface area contributed by atoms with Gasteiger partial charge in [0.25, 0.3) is 0 Å². The number of carbonyl (C=O) groups excluding carboxylic acids is 1. The SMILES string of the molecule is CCOC(=O)C(F)(F)C(C)(O)c1ccc(F)c(Br)c1. The molecule has 0 fully saturated rings. The van der Waals surface area contributed by atoms with E-state index in [4.69, 9.17) is 0 Å². The van der Waals surface area contributed by atoms with Crippen LogP contribution in [0.4, 0.5) is 13.2 Å². The number of ether oxygens (including phenoxy) is 1. The summed E-state index contributed by atoms with van der Waals surface area (Å²) in [6.45, 7) is 1.90. The first-order valence-corrected chi connectivity index (χ1v) is 6.16. The molecule has 19 heavy (non-hydrogen) atoms. The van der Waals surface area contributed by atoms with Crippen LogP contribution in [0.2, 0.25) is 0 Å². The molecule has 0 saturated carbocycles. The minimum Gasteiger partial charge on any atom is -0.461 e. The zero-order valence-corrected chi connectivity index (χ0v) is 11.8. The van der Waals surface area contributed by atoms with Gasteiger partial charge in [0.2, 0.25) is 0 Å². The molecule has 0 aliphatic rings. The average molecular weight is 341 g/mol. The molecule has 0 aliphatic heterocycles. The minimum absolute atomic E-state index is 0.0927. The molecular formula is C12H12BrF3O3. The molecule has 0 radical (unpaired) electrons. The van der Waals surface area contributed by atoms with E-state index in [1.54, 1.807) is 0 Å². The third-order valence-electron chi connectivity index (χ3n) is 2.62. The number of esters is 1. The van der Waals surface area contributed by atoms with Crippen LogP contribution in [0, 0.1) is 5.82 Å². The van der Waals surface area contributed by atoms with Gasteiger partial charge in [-0.2, -0.15) is 8.78 Å². The molecule has 1 atom stereocenters. The number of carbonyl (C=O) groups is 1. The van der Waals surface area contributed by atoms with Gasteiger partial charge in [-0.15, -0.1) is 0 Å². The van der Waals surface area contributed by atoms with Crippen molar-refractivity contribution < 1.29 is 27.8 Å². The molecule has 1 aromatic carbocycles. The largest absolute Gasteiger partial charge is 0.461 e. The van der Waals surface area contributed by atoms with E-state index in [9.17, 15) is 23.1 Å². The number of hydrogen-bond donors (Lipinski definition) is 1. The standard InChI is InChI=1S/C12H12BrF3O3/c1-3-19-10(17)12(15,16)11(2,18)7-4-5-9(14)8(13)6-7/h4-6,18H,3H2,1-2H3. The van der Waals surface area contributed by atoms with Crippen molar-refractivity contribution in [3.05, 3.63) is 34.1 Å². The molecular weight excluding hydrogens is 329 g/mol. The molecule has 0 spiro atoms. The second-order valence-electron chi connectivity index (χ2n) is 4.00. The van der Waals surface area contributed by atoms with Gasteiger partial charge in [0.1, 0.15) is 5.82 Å². The van der Waals surface area contributed by atoms with Gasteiger partial charge >= 0.3 is 11.9 Å². The van der Waals surface area contributed by atoms with Crippen LogP contribution in [-0.4, -0.2) is 23.6 Å². The first-order chi connectivity index (χ1) is 8.64. The Kier molecular flexibility index (Phi) is 4.63. The highest BCUT2D eigenvalue weighted by atomic mass is 79.9. The molecule has 0 heterocycles. The molecule has 1 rings (SSSR count). The number of aliphatic hydroxyl groups is 1. The molecule has 7 heteroatoms. The summed E-state index contributed by atoms with van der Waals surface area (Å²) in [6.07, 6.45) is 0. The number of rotatable bonds is 4. The zero-order chi connectivity index (χ0) is 14.8. The fourth-order valence-corrected chi connectivity index (χ4v) is 1.78. The van der Waals surface area contributed by atoms with E-state index in [-0.39, 0.29) is 16.6 Å². The normalized spacial score (nSPS) is 14.9. The van der Waals surface area contributed by atoms with Gasteiger partial charge in [-0.25, -0.2) is 9.18 Å². The Balaban J connectivity index is 3.21. The summed E-state index contributed by atoms with van der Waals surface area (Å²) < 4.78 is 44.9. The first-order valence-electron chi connectivity index (χ1n) is 5.37. The maximum atomic E-state index is 13.9. The van der Waals surface area contributed by atoms with Crippen molar-refractivity contribution >= 4 is 21.9 Å². The quantitative estimate of drug-likeness (QED) is 0.857. The fraction of sp³-hybridized carbons (Fsp3) is 0.417. The highest BCUT2D eigenvalue weighted by molar-refractivity contribution is 9.10. The van der Waals surface area contributed by atoms with Crippen molar-refractivity contribution in [2.24, 2.45) is 0 Å². The van der Waals surface area contributed by atoms with Crippen molar-refractivity contribution in [2.75, 3.05) is 6.61 Å². The number of alkyl halides is 2. The Morgan fingerprint density at radius 1 is 1.47 bits per heavy atom. The fourth-order valence-electron chi connectivity index (χ4n) is 1.40. The third kappa shape index (κ3) is 2.92. The first kappa shape index (κ1) is 16.0. The van der Waals surface area contributed by atoms with Crippen LogP contribution in [0.1, 0.15) is 19.4 Å². The van der Waals surface area contributed by atoms with E-state index in [0.29, 0.717) is 0 Å². The van der Waals surface area contributed by atoms with E-state index >= 15 is 0 Å². The van der Waals surface area contributed by atoms with Crippen LogP contribution in [0.15, 0.2) is 22.7 Å². The lowest BCUT2D eigenvalue weighted by Crippen LogP contribution is -2.49. The van der Waals surface area contributed by atoms with Gasteiger partial charge < -0.3 is 9.84 Å². The Morgan fingerprint density at radius 3 is 2.53 bits per heavy atom. The van der Waals surface area contributed by atoms with Crippen molar-refractivity contribution in [3.63, 3.8) is 0 Å². The summed E-state index contributed by atoms with van der Waals surface area (Å²) in [6, 6.07) is 2.88. The van der Waals surface area contributed by atoms with Crippen LogP contribution in [0.5, 0.6) is 0 Å². The summed E-state index contributed by atoms with van der Waals surface area (Å²) in [5.41, 5.74) is -3.12. The monoisotopic (exact) mass is 340 g/mol. The van der Waals surface area contributed by atoms with Crippen molar-refractivity contribution in [2.45, 2.75) is 25.4 Å². The van der Waals surface area contributed by atoms with Crippen LogP contribution >= 0.6 is 15.9 Å². The Morgan fingerprint density at radius 2 is 2.05 bits per heavy atom. The summed E-state index contributed by atoms with van der Waals surface area (Å²) in [4.78, 5) is 11.2. The summed E-state index contributed by atoms with van der Waals surface area (Å²) >= 11 is 2.83. The van der Waals surface area contributed by atoms with E-state index < -0.39 is 23.3 Å². The van der Waals surface area contributed by atoms with Gasteiger partial charge in [-0.3, -0.25) is 0 Å². The maximum Gasteiger partial charge on any atom is 0.380 e. The van der Waals surface area contributed by atoms with Gasteiger partial charge in [0.15, 0.2) is 5.60 Å². The summed E-state index contributed by atoms with van der Waals surface area (Å²) in [5, 5.41) is 9.93. The lowest BCUT2D eigenvalue weighted by Gasteiger charge is -2.31. The van der Waals surface area contributed by atoms with Gasteiger partial charge in [-0.05, 0) is 47.5 Å². The topological polar surface area (TPSA) is 46.5 Å². The average Bonchev–Trinajstić information content (AvgIpc) is 2.32. The molecule has 0 aliphatic carbocycles. The second-order valence-corrected chi connectivity index (χ2v) is 4.85. The molecule has 0 amide bonds. The number of benzene rings is 1. The van der Waals surface area contributed by atoms with Gasteiger partial charge in [0.05, 0.1) is 11.1 Å². The van der Waals surface area contributed by atoms with Crippen molar-refractivity contribution in [1.29, 1.82) is 0 Å². The Bertz CT molecular complexity index is 489. The molecule has 1 aromatic rings. The smallest absolute Gasteiger partial charge is 0.380 e. The second kappa shape index (κ2) is 5.50. The molecule has 106 valence electrons. The van der Waals surface area contributed by atoms with Crippen LogP contribution in [-0.2, 0) is 15.1 Å². The number of halogens is 4. The van der Waals surface area contributed by atoms with Crippen molar-refractivity contribution in [1.82, 2.24) is 0 Å². The zero-order valence-electron chi connectivity index (χ0n) is 10.2. The molecule has 0 bridgehead atoms. The van der Waals surface area contributed by atoms with Gasteiger partial charge in [0, 0.05) is 0 Å². The summed E-state index contributed by atoms with van der Waals surface area (Å²) in [7, 11) is 0. The highest BCUT2D eigenvalue weighted by Gasteiger charge is 2.57. The summed E-state index contributed by atoms with van der Waals surface area (Å²) in [5.74, 6) is -6.65. The van der Waals surface area contributed by atoms with E-state index in [1.807, 2.05) is 0 Å². The predicted molar refractivity (Wildman–Crippen MR) is 65.3 cm³/mol. The third-order valence-corrected chi connectivity index (χ3v) is 3.23. The van der Waals surface area contributed by atoms with Crippen molar-refractivity contribution in [3.8, 4) is 0 Å². The molecule has 0 saturated heterocycles. The lowest BCUT2D eigenvalue weighted by molar-refractivity contribution is -0.212. The van der Waals surface area contributed by atoms with E-state index in [1.165, 1.54) is 6.92 Å². The van der Waals surface area contributed by atoms with Crippen LogP contribution in [0.25, 0.3) is 0 Å². The van der Waals surface area contributed by atoms with Crippen LogP contribution in [0.3, 0.4) is 0 Å². The maximum absolute atomic E-state index is 13.9. The molecule has 3 nitrogen and oxygen atoms in total. The van der Waals surface area contributed by atoms with Gasteiger partial charge in [-0.1, -0.05) is 6.07 Å². The Labute approximate surface area is 116 Å². The Hall–Kier alpha value is -1.08. The minimum atomic E-state index is -4.15. The van der Waals surface area contributed by atoms with E-state index in [0.717, 1.165) is 25.1 Å². The lowest BCUT2D eigenvalue weighted by atomic mass is 9.89. The molecule has 1 unspecified atom stereocenters. The molecule has 0 aromatic heterocycles. The van der Waals surface area contributed by atoms with E-state index in [2.05, 4.69) is 20.7 Å². The predicted octanol–water partition coefficient (Wildman–Crippen LogP) is 2.99.